The number of fused-ring (bicyclic) bond motifs is 1. The van der Waals surface area contributed by atoms with E-state index in [-0.39, 0.29) is 5.82 Å². The smallest absolute Gasteiger partial charge is 0.217 e. The Morgan fingerprint density at radius 3 is 2.59 bits per heavy atom. The summed E-state index contributed by atoms with van der Waals surface area (Å²) in [6, 6.07) is 4.04. The standard InChI is InChI=1S/C26H25F3N8/c1-37(16-5-7-30-8-6-16)26-22-17(14-2-3-14)12-31-13-19(22)33-24(36-26)15-4-9-32-21(10-15)35-25-23(29)18(27)11-20(28)34-25/h4,9-14,16,30H,2-3,5-8H2,1H3,(H,32,34,35). The second kappa shape index (κ2) is 9.55. The van der Waals surface area contributed by atoms with E-state index in [4.69, 9.17) is 9.97 Å². The van der Waals surface area contributed by atoms with Crippen molar-refractivity contribution in [3.05, 3.63) is 59.9 Å². The topological polar surface area (TPSA) is 91.8 Å². The maximum absolute atomic E-state index is 14.2. The van der Waals surface area contributed by atoms with Crippen LogP contribution >= 0.6 is 0 Å². The Kier molecular flexibility index (Phi) is 6.07. The van der Waals surface area contributed by atoms with Gasteiger partial charge < -0.3 is 15.5 Å². The molecule has 1 aliphatic heterocycles. The zero-order chi connectivity index (χ0) is 25.5. The number of rotatable bonds is 6. The minimum Gasteiger partial charge on any atom is -0.356 e. The summed E-state index contributed by atoms with van der Waals surface area (Å²) in [7, 11) is 2.07. The molecule has 2 N–H and O–H groups in total. The summed E-state index contributed by atoms with van der Waals surface area (Å²) in [5.74, 6) is -2.45. The van der Waals surface area contributed by atoms with Gasteiger partial charge in [0, 0.05) is 42.5 Å². The van der Waals surface area contributed by atoms with Crippen LogP contribution < -0.4 is 15.5 Å². The molecule has 4 aromatic rings. The Labute approximate surface area is 211 Å². The van der Waals surface area contributed by atoms with Gasteiger partial charge in [-0.05, 0) is 62.4 Å². The van der Waals surface area contributed by atoms with Gasteiger partial charge in [-0.15, -0.1) is 0 Å². The lowest BCUT2D eigenvalue weighted by Crippen LogP contribution is -2.41. The van der Waals surface area contributed by atoms with Crippen LogP contribution in [0.1, 0.15) is 37.2 Å². The van der Waals surface area contributed by atoms with Crippen LogP contribution in [-0.2, 0) is 0 Å². The molecule has 0 spiro atoms. The fraction of sp³-hybridized carbons (Fsp3) is 0.346. The van der Waals surface area contributed by atoms with E-state index >= 15 is 0 Å². The Morgan fingerprint density at radius 2 is 1.81 bits per heavy atom. The van der Waals surface area contributed by atoms with Crippen molar-refractivity contribution in [2.45, 2.75) is 37.6 Å². The molecule has 1 aliphatic carbocycles. The number of anilines is 3. The first-order valence-corrected chi connectivity index (χ1v) is 12.3. The molecule has 0 atom stereocenters. The first kappa shape index (κ1) is 23.5. The lowest BCUT2D eigenvalue weighted by Gasteiger charge is -2.33. The van der Waals surface area contributed by atoms with E-state index in [0.717, 1.165) is 55.5 Å². The van der Waals surface area contributed by atoms with Crippen LogP contribution in [0.2, 0.25) is 0 Å². The normalized spacial score (nSPS) is 16.2. The van der Waals surface area contributed by atoms with E-state index in [9.17, 15) is 13.2 Å². The van der Waals surface area contributed by atoms with E-state index < -0.39 is 23.4 Å². The van der Waals surface area contributed by atoms with Crippen molar-refractivity contribution in [1.29, 1.82) is 0 Å². The molecule has 6 rings (SSSR count). The summed E-state index contributed by atoms with van der Waals surface area (Å²) in [4.78, 5) is 24.1. The monoisotopic (exact) mass is 506 g/mol. The number of aromatic nitrogens is 5. The van der Waals surface area contributed by atoms with Crippen LogP contribution in [0.3, 0.4) is 0 Å². The van der Waals surface area contributed by atoms with Gasteiger partial charge in [0.1, 0.15) is 11.6 Å². The predicted molar refractivity (Wildman–Crippen MR) is 134 cm³/mol. The molecule has 0 radical (unpaired) electrons. The van der Waals surface area contributed by atoms with E-state index in [0.29, 0.717) is 29.4 Å². The highest BCUT2D eigenvalue weighted by Crippen LogP contribution is 2.45. The number of hydrogen-bond donors (Lipinski definition) is 2. The fourth-order valence-electron chi connectivity index (χ4n) is 4.86. The highest BCUT2D eigenvalue weighted by molar-refractivity contribution is 5.94. The number of halogens is 3. The molecule has 1 saturated heterocycles. The minimum absolute atomic E-state index is 0.149. The van der Waals surface area contributed by atoms with Crippen LogP contribution in [-0.4, -0.2) is 51.1 Å². The van der Waals surface area contributed by atoms with Gasteiger partial charge in [0.15, 0.2) is 17.5 Å². The number of nitrogens with one attached hydrogen (secondary N) is 2. The average Bonchev–Trinajstić information content (AvgIpc) is 3.76. The van der Waals surface area contributed by atoms with Gasteiger partial charge in [0.2, 0.25) is 11.8 Å². The van der Waals surface area contributed by atoms with E-state index in [1.807, 2.05) is 6.20 Å². The Morgan fingerprint density at radius 1 is 1.00 bits per heavy atom. The maximum Gasteiger partial charge on any atom is 0.217 e. The summed E-state index contributed by atoms with van der Waals surface area (Å²) in [6.07, 6.45) is 9.44. The van der Waals surface area contributed by atoms with Crippen molar-refractivity contribution in [3.8, 4) is 11.4 Å². The largest absolute Gasteiger partial charge is 0.356 e. The van der Waals surface area contributed by atoms with Crippen LogP contribution in [0.5, 0.6) is 0 Å². The average molecular weight is 507 g/mol. The van der Waals surface area contributed by atoms with Crippen molar-refractivity contribution in [3.63, 3.8) is 0 Å². The van der Waals surface area contributed by atoms with Crippen molar-refractivity contribution in [2.24, 2.45) is 0 Å². The zero-order valence-electron chi connectivity index (χ0n) is 20.2. The molecule has 5 heterocycles. The second-order valence-corrected chi connectivity index (χ2v) is 9.50. The first-order valence-electron chi connectivity index (χ1n) is 12.3. The first-order chi connectivity index (χ1) is 18.0. The molecule has 0 unspecified atom stereocenters. The van der Waals surface area contributed by atoms with Crippen molar-refractivity contribution in [2.75, 3.05) is 30.4 Å². The zero-order valence-corrected chi connectivity index (χ0v) is 20.2. The number of pyridine rings is 3. The molecule has 0 amide bonds. The van der Waals surface area contributed by atoms with Crippen LogP contribution in [0.4, 0.5) is 30.6 Å². The predicted octanol–water partition coefficient (Wildman–Crippen LogP) is 4.71. The Balaban J connectivity index is 1.43. The SMILES string of the molecule is CN(c1nc(-c2ccnc(Nc3nc(F)cc(F)c3F)c2)nc2cncc(C3CC3)c12)C1CCNCC1. The minimum atomic E-state index is -1.34. The number of nitrogens with zero attached hydrogens (tertiary/aromatic N) is 6. The van der Waals surface area contributed by atoms with E-state index in [2.05, 4.69) is 37.5 Å². The third kappa shape index (κ3) is 4.66. The highest BCUT2D eigenvalue weighted by atomic mass is 19.2. The lowest BCUT2D eigenvalue weighted by molar-refractivity contribution is 0.442. The Hall–Kier alpha value is -3.86. The third-order valence-corrected chi connectivity index (χ3v) is 6.97. The molecule has 8 nitrogen and oxygen atoms in total. The van der Waals surface area contributed by atoms with Crippen molar-refractivity contribution in [1.82, 2.24) is 30.2 Å². The summed E-state index contributed by atoms with van der Waals surface area (Å²) in [5, 5.41) is 6.99. The molecule has 1 saturated carbocycles. The summed E-state index contributed by atoms with van der Waals surface area (Å²) in [6.45, 7) is 1.90. The molecule has 0 bridgehead atoms. The van der Waals surface area contributed by atoms with Gasteiger partial charge in [-0.1, -0.05) is 0 Å². The number of piperidine rings is 1. The van der Waals surface area contributed by atoms with Gasteiger partial charge in [0.25, 0.3) is 0 Å². The van der Waals surface area contributed by atoms with Crippen molar-refractivity contribution >= 4 is 28.4 Å². The van der Waals surface area contributed by atoms with Gasteiger partial charge in [0.05, 0.1) is 11.7 Å². The molecule has 0 aromatic carbocycles. The van der Waals surface area contributed by atoms with Crippen LogP contribution in [0.25, 0.3) is 22.3 Å². The van der Waals surface area contributed by atoms with Crippen molar-refractivity contribution < 1.29 is 13.2 Å². The van der Waals surface area contributed by atoms with Gasteiger partial charge in [-0.2, -0.15) is 13.8 Å². The Bertz CT molecular complexity index is 1470. The van der Waals surface area contributed by atoms with Gasteiger partial charge in [-0.25, -0.2) is 19.3 Å². The molecular weight excluding hydrogens is 481 g/mol. The maximum atomic E-state index is 14.2. The fourth-order valence-corrected chi connectivity index (χ4v) is 4.86. The molecule has 190 valence electrons. The summed E-state index contributed by atoms with van der Waals surface area (Å²) < 4.78 is 41.4. The molecule has 37 heavy (non-hydrogen) atoms. The molecule has 4 aromatic heterocycles. The van der Waals surface area contributed by atoms with E-state index in [1.54, 1.807) is 18.3 Å². The van der Waals surface area contributed by atoms with Gasteiger partial charge in [-0.3, -0.25) is 4.98 Å². The summed E-state index contributed by atoms with van der Waals surface area (Å²) in [5.41, 5.74) is 2.52. The van der Waals surface area contributed by atoms with Crippen LogP contribution in [0.15, 0.2) is 36.8 Å². The quantitative estimate of drug-likeness (QED) is 0.364. The van der Waals surface area contributed by atoms with E-state index in [1.165, 1.54) is 11.8 Å². The molecule has 2 aliphatic rings. The second-order valence-electron chi connectivity index (χ2n) is 9.50. The van der Waals surface area contributed by atoms with Crippen LogP contribution in [0, 0.1) is 17.6 Å². The number of hydrogen-bond acceptors (Lipinski definition) is 8. The van der Waals surface area contributed by atoms with Gasteiger partial charge >= 0.3 is 0 Å². The molecular formula is C26H25F3N8. The summed E-state index contributed by atoms with van der Waals surface area (Å²) >= 11 is 0. The molecule has 11 heteroatoms. The lowest BCUT2D eigenvalue weighted by atomic mass is 10.0. The highest BCUT2D eigenvalue weighted by Gasteiger charge is 2.30. The molecule has 2 fully saturated rings. The third-order valence-electron chi connectivity index (χ3n) is 6.97.